The highest BCUT2D eigenvalue weighted by Crippen LogP contribution is 2.55. The molecule has 122 valence electrons. The van der Waals surface area contributed by atoms with E-state index in [0.29, 0.717) is 3.58 Å². The molecule has 0 aromatic carbocycles. The van der Waals surface area contributed by atoms with Crippen molar-refractivity contribution >= 4 is 46.3 Å². The van der Waals surface area contributed by atoms with Gasteiger partial charge in [-0.2, -0.15) is 0 Å². The molecular formula is C15H13IO7. The van der Waals surface area contributed by atoms with E-state index in [1.807, 2.05) is 22.6 Å². The van der Waals surface area contributed by atoms with Gasteiger partial charge in [0.15, 0.2) is 11.4 Å². The van der Waals surface area contributed by atoms with Crippen LogP contribution in [-0.4, -0.2) is 43.5 Å². The summed E-state index contributed by atoms with van der Waals surface area (Å²) in [7, 11) is 2.37. The van der Waals surface area contributed by atoms with Gasteiger partial charge in [-0.3, -0.25) is 9.59 Å². The molecule has 0 unspecified atom stereocenters. The van der Waals surface area contributed by atoms with Crippen molar-refractivity contribution in [3.05, 3.63) is 20.8 Å². The number of ether oxygens (including phenoxy) is 3. The van der Waals surface area contributed by atoms with E-state index in [4.69, 9.17) is 14.2 Å². The normalized spacial score (nSPS) is 32.0. The van der Waals surface area contributed by atoms with Crippen molar-refractivity contribution in [2.75, 3.05) is 14.2 Å². The molecule has 1 aliphatic heterocycles. The van der Waals surface area contributed by atoms with Crippen LogP contribution in [0.15, 0.2) is 20.8 Å². The molecule has 0 aromatic rings. The Kier molecular flexibility index (Phi) is 3.81. The second-order valence-corrected chi connectivity index (χ2v) is 6.75. The van der Waals surface area contributed by atoms with Gasteiger partial charge in [-0.25, -0.2) is 9.59 Å². The molecule has 7 nitrogen and oxygen atoms in total. The molecule has 8 heteroatoms. The largest absolute Gasteiger partial charge is 0.466 e. The number of hydrogen-bond acceptors (Lipinski definition) is 7. The summed E-state index contributed by atoms with van der Waals surface area (Å²) in [6.45, 7) is 0. The monoisotopic (exact) mass is 432 g/mol. The third-order valence-corrected chi connectivity index (χ3v) is 5.45. The summed E-state index contributed by atoms with van der Waals surface area (Å²) in [5.41, 5.74) is -1.40. The Balaban J connectivity index is 2.25. The molecule has 1 heterocycles. The predicted molar refractivity (Wildman–Crippen MR) is 83.2 cm³/mol. The van der Waals surface area contributed by atoms with Gasteiger partial charge < -0.3 is 14.2 Å². The average molecular weight is 432 g/mol. The molecular weight excluding hydrogens is 419 g/mol. The Morgan fingerprint density at radius 2 is 1.83 bits per heavy atom. The first-order chi connectivity index (χ1) is 10.9. The maximum atomic E-state index is 12.9. The van der Waals surface area contributed by atoms with E-state index in [-0.39, 0.29) is 29.8 Å². The summed E-state index contributed by atoms with van der Waals surface area (Å²) in [5, 5.41) is 0. The number of carbonyl (C=O) groups excluding carboxylic acids is 4. The van der Waals surface area contributed by atoms with E-state index in [1.54, 1.807) is 6.08 Å². The summed E-state index contributed by atoms with van der Waals surface area (Å²) in [4.78, 5) is 48.9. The van der Waals surface area contributed by atoms with Gasteiger partial charge in [-0.1, -0.05) is 6.08 Å². The number of hydrogen-bond donors (Lipinski definition) is 0. The zero-order valence-electron chi connectivity index (χ0n) is 12.4. The molecule has 2 bridgehead atoms. The topological polar surface area (TPSA) is 96.0 Å². The van der Waals surface area contributed by atoms with Crippen molar-refractivity contribution in [3.8, 4) is 0 Å². The number of ketones is 1. The van der Waals surface area contributed by atoms with Crippen LogP contribution in [0.4, 0.5) is 0 Å². The maximum absolute atomic E-state index is 12.9. The van der Waals surface area contributed by atoms with Crippen LogP contribution in [0.25, 0.3) is 0 Å². The van der Waals surface area contributed by atoms with E-state index in [1.165, 1.54) is 14.2 Å². The number of allylic oxidation sites excluding steroid dienone is 1. The Labute approximate surface area is 145 Å². The highest BCUT2D eigenvalue weighted by Gasteiger charge is 2.65. The quantitative estimate of drug-likeness (QED) is 0.363. The molecule has 1 spiro atoms. The first kappa shape index (κ1) is 16.2. The zero-order valence-corrected chi connectivity index (χ0v) is 14.5. The molecule has 4 aliphatic rings. The Hall–Kier alpha value is -1.71. The van der Waals surface area contributed by atoms with Crippen molar-refractivity contribution in [1.82, 2.24) is 0 Å². The van der Waals surface area contributed by atoms with Crippen LogP contribution in [0, 0.1) is 11.8 Å². The minimum absolute atomic E-state index is 0.0247. The lowest BCUT2D eigenvalue weighted by molar-refractivity contribution is -0.165. The Morgan fingerprint density at radius 3 is 2.35 bits per heavy atom. The minimum atomic E-state index is -1.42. The number of halogens is 1. The van der Waals surface area contributed by atoms with Crippen LogP contribution in [0.3, 0.4) is 0 Å². The van der Waals surface area contributed by atoms with Gasteiger partial charge in [0, 0.05) is 12.8 Å². The molecule has 1 fully saturated rings. The molecule has 1 saturated heterocycles. The van der Waals surface area contributed by atoms with Crippen molar-refractivity contribution in [3.63, 3.8) is 0 Å². The van der Waals surface area contributed by atoms with Crippen molar-refractivity contribution in [2.24, 2.45) is 11.8 Å². The van der Waals surface area contributed by atoms with Crippen molar-refractivity contribution < 1.29 is 33.4 Å². The third-order valence-electron chi connectivity index (χ3n) is 4.46. The molecule has 23 heavy (non-hydrogen) atoms. The van der Waals surface area contributed by atoms with E-state index in [0.717, 1.165) is 0 Å². The van der Waals surface area contributed by atoms with E-state index < -0.39 is 35.3 Å². The standard InChI is InChI=1S/C15H13IO7/c1-21-13(19)9-6-5-7(16)11(10(9)14(20)22-2)15(12(6)18)4-3-8(17)23-15/h5-6,11H,3-4H2,1-2H3/t6-,11+,15-/m1/s1. The highest BCUT2D eigenvalue weighted by molar-refractivity contribution is 14.1. The maximum Gasteiger partial charge on any atom is 0.335 e. The molecule has 0 aromatic heterocycles. The number of methoxy groups -OCH3 is 2. The second-order valence-electron chi connectivity index (χ2n) is 5.50. The van der Waals surface area contributed by atoms with Gasteiger partial charge in [-0.15, -0.1) is 0 Å². The fourth-order valence-corrected chi connectivity index (χ4v) is 4.70. The smallest absolute Gasteiger partial charge is 0.335 e. The molecule has 0 saturated carbocycles. The SMILES string of the molecule is COC(=O)C1=C(C(=O)OC)[C@@H]2C(I)=C[C@H]1C(=O)[C@@]21CCC(=O)O1. The predicted octanol–water partition coefficient (Wildman–Crippen LogP) is 0.852. The lowest BCUT2D eigenvalue weighted by Crippen LogP contribution is -2.57. The Morgan fingerprint density at radius 1 is 1.22 bits per heavy atom. The van der Waals surface area contributed by atoms with Crippen LogP contribution in [0.1, 0.15) is 12.8 Å². The Bertz CT molecular complexity index is 705. The second kappa shape index (κ2) is 5.43. The van der Waals surface area contributed by atoms with Gasteiger partial charge in [0.2, 0.25) is 0 Å². The van der Waals surface area contributed by atoms with Crippen molar-refractivity contribution in [1.29, 1.82) is 0 Å². The van der Waals surface area contributed by atoms with Crippen LogP contribution in [0.2, 0.25) is 0 Å². The number of esters is 3. The van der Waals surface area contributed by atoms with Crippen molar-refractivity contribution in [2.45, 2.75) is 18.4 Å². The molecule has 0 radical (unpaired) electrons. The minimum Gasteiger partial charge on any atom is -0.466 e. The van der Waals surface area contributed by atoms with Gasteiger partial charge in [0.1, 0.15) is 0 Å². The summed E-state index contributed by atoms with van der Waals surface area (Å²) in [5.74, 6) is -4.15. The van der Waals surface area contributed by atoms with Gasteiger partial charge in [-0.05, 0) is 26.2 Å². The fourth-order valence-electron chi connectivity index (χ4n) is 3.52. The van der Waals surface area contributed by atoms with E-state index in [9.17, 15) is 19.2 Å². The van der Waals surface area contributed by atoms with Gasteiger partial charge in [0.25, 0.3) is 0 Å². The summed E-state index contributed by atoms with van der Waals surface area (Å²) >= 11 is 2.00. The van der Waals surface area contributed by atoms with Gasteiger partial charge in [0.05, 0.1) is 37.2 Å². The lowest BCUT2D eigenvalue weighted by atomic mass is 9.61. The first-order valence-corrected chi connectivity index (χ1v) is 7.99. The summed E-state index contributed by atoms with van der Waals surface area (Å²) in [6, 6.07) is 0. The van der Waals surface area contributed by atoms with Crippen LogP contribution in [0.5, 0.6) is 0 Å². The summed E-state index contributed by atoms with van der Waals surface area (Å²) < 4.78 is 15.6. The van der Waals surface area contributed by atoms with E-state index in [2.05, 4.69) is 0 Å². The fraction of sp³-hybridized carbons (Fsp3) is 0.467. The zero-order chi connectivity index (χ0) is 16.9. The third kappa shape index (κ3) is 2.07. The highest BCUT2D eigenvalue weighted by atomic mass is 127. The summed E-state index contributed by atoms with van der Waals surface area (Å²) in [6.07, 6.45) is 1.89. The molecule has 4 rings (SSSR count). The van der Waals surface area contributed by atoms with E-state index >= 15 is 0 Å². The molecule has 3 atom stereocenters. The number of carbonyl (C=O) groups is 4. The van der Waals surface area contributed by atoms with Crippen LogP contribution < -0.4 is 0 Å². The van der Waals surface area contributed by atoms with Crippen LogP contribution >= 0.6 is 22.6 Å². The number of Topliss-reactive ketones (excluding diaryl/α,β-unsaturated/α-hetero) is 1. The van der Waals surface area contributed by atoms with Crippen LogP contribution in [-0.2, 0) is 33.4 Å². The molecule has 0 amide bonds. The number of rotatable bonds is 2. The molecule has 0 N–H and O–H groups in total. The first-order valence-electron chi connectivity index (χ1n) is 6.91. The molecule has 3 aliphatic carbocycles. The average Bonchev–Trinajstić information content (AvgIpc) is 2.92. The van der Waals surface area contributed by atoms with Gasteiger partial charge >= 0.3 is 17.9 Å². The lowest BCUT2D eigenvalue weighted by Gasteiger charge is -2.45.